The summed E-state index contributed by atoms with van der Waals surface area (Å²) in [5.74, 6) is -0.341. The van der Waals surface area contributed by atoms with Crippen LogP contribution in [0.5, 0.6) is 5.75 Å². The lowest BCUT2D eigenvalue weighted by Crippen LogP contribution is -2.34. The molecule has 0 atom stereocenters. The molecule has 1 rings (SSSR count). The van der Waals surface area contributed by atoms with Gasteiger partial charge in [-0.1, -0.05) is 0 Å². The van der Waals surface area contributed by atoms with Gasteiger partial charge in [0.1, 0.15) is 11.6 Å². The molecule has 0 aliphatic heterocycles. The fraction of sp³-hybridized carbons (Fsp3) is 0.143. The van der Waals surface area contributed by atoms with Crippen molar-refractivity contribution in [2.75, 3.05) is 7.11 Å². The Morgan fingerprint density at radius 2 is 2.08 bits per heavy atom. The number of ether oxygens (including phenoxy) is 1. The summed E-state index contributed by atoms with van der Waals surface area (Å²) in [6.45, 7) is 0. The first-order chi connectivity index (χ1) is 6.07. The lowest BCUT2D eigenvalue weighted by atomic mass is 9.80. The molecule has 0 aliphatic rings. The third kappa shape index (κ3) is 2.01. The van der Waals surface area contributed by atoms with Gasteiger partial charge >= 0.3 is 7.12 Å². The Kier molecular flexibility index (Phi) is 3.30. The van der Waals surface area contributed by atoms with Gasteiger partial charge in [-0.2, -0.15) is 0 Å². The largest absolute Gasteiger partial charge is 0.496 e. The molecule has 13 heavy (non-hydrogen) atoms. The molecule has 0 aliphatic carbocycles. The summed E-state index contributed by atoms with van der Waals surface area (Å²) in [6, 6.07) is 2.50. The fourth-order valence-electron chi connectivity index (χ4n) is 0.944. The maximum absolute atomic E-state index is 13.0. The van der Waals surface area contributed by atoms with E-state index in [9.17, 15) is 4.39 Å². The van der Waals surface area contributed by atoms with Crippen LogP contribution < -0.4 is 10.2 Å². The number of hydrogen-bond acceptors (Lipinski definition) is 3. The second kappa shape index (κ2) is 4.08. The molecule has 0 radical (unpaired) electrons. The van der Waals surface area contributed by atoms with E-state index in [4.69, 9.17) is 14.8 Å². The molecule has 3 nitrogen and oxygen atoms in total. The van der Waals surface area contributed by atoms with Gasteiger partial charge in [0.15, 0.2) is 0 Å². The highest BCUT2D eigenvalue weighted by molar-refractivity contribution is 9.10. The molecule has 70 valence electrons. The molecule has 0 saturated heterocycles. The minimum atomic E-state index is -1.86. The average molecular weight is 249 g/mol. The Hall–Kier alpha value is -0.585. The molecule has 0 saturated carbocycles. The molecular weight excluding hydrogens is 242 g/mol. The second-order valence-electron chi connectivity index (χ2n) is 2.35. The summed E-state index contributed by atoms with van der Waals surface area (Å²) < 4.78 is 18.1. The Balaban J connectivity index is 3.30. The van der Waals surface area contributed by atoms with Gasteiger partial charge in [0.25, 0.3) is 0 Å². The Labute approximate surface area is 83.4 Å². The van der Waals surface area contributed by atoms with E-state index in [1.54, 1.807) is 0 Å². The second-order valence-corrected chi connectivity index (χ2v) is 3.14. The summed E-state index contributed by atoms with van der Waals surface area (Å²) in [6.07, 6.45) is 0. The zero-order valence-electron chi connectivity index (χ0n) is 6.79. The molecule has 6 heteroatoms. The summed E-state index contributed by atoms with van der Waals surface area (Å²) in [5, 5.41) is 17.7. The first-order valence-corrected chi connectivity index (χ1v) is 4.25. The van der Waals surface area contributed by atoms with Gasteiger partial charge < -0.3 is 14.8 Å². The lowest BCUT2D eigenvalue weighted by Gasteiger charge is -2.08. The molecule has 0 spiro atoms. The van der Waals surface area contributed by atoms with Crippen LogP contribution in [0.2, 0.25) is 0 Å². The topological polar surface area (TPSA) is 49.7 Å². The maximum Gasteiger partial charge on any atom is 0.492 e. The van der Waals surface area contributed by atoms with Crippen molar-refractivity contribution in [2.24, 2.45) is 0 Å². The van der Waals surface area contributed by atoms with E-state index in [2.05, 4.69) is 15.9 Å². The van der Waals surface area contributed by atoms with Crippen LogP contribution in [-0.2, 0) is 0 Å². The van der Waals surface area contributed by atoms with Crippen molar-refractivity contribution in [3.05, 3.63) is 22.4 Å². The van der Waals surface area contributed by atoms with Crippen molar-refractivity contribution >= 4 is 28.5 Å². The molecule has 0 unspecified atom stereocenters. The van der Waals surface area contributed by atoms with Crippen LogP contribution in [0.1, 0.15) is 0 Å². The minimum Gasteiger partial charge on any atom is -0.496 e. The Morgan fingerprint density at radius 1 is 1.46 bits per heavy atom. The Bertz CT molecular complexity index is 319. The predicted molar refractivity (Wildman–Crippen MR) is 50.5 cm³/mol. The van der Waals surface area contributed by atoms with Gasteiger partial charge in [0, 0.05) is 5.46 Å². The van der Waals surface area contributed by atoms with E-state index in [1.807, 2.05) is 0 Å². The summed E-state index contributed by atoms with van der Waals surface area (Å²) >= 11 is 3.01. The molecule has 1 aromatic rings. The molecule has 0 bridgehead atoms. The summed E-state index contributed by atoms with van der Waals surface area (Å²) in [4.78, 5) is 0. The van der Waals surface area contributed by atoms with E-state index in [1.165, 1.54) is 13.2 Å². The lowest BCUT2D eigenvalue weighted by molar-refractivity contribution is 0.407. The van der Waals surface area contributed by atoms with Crippen molar-refractivity contribution in [1.82, 2.24) is 0 Å². The standard InChI is InChI=1S/C7H7BBrFO3/c1-13-5-3-2-4(10)6(7(5)9)8(11)12/h2-3,11-12H,1H3. The van der Waals surface area contributed by atoms with E-state index < -0.39 is 12.9 Å². The smallest absolute Gasteiger partial charge is 0.492 e. The van der Waals surface area contributed by atoms with Crippen molar-refractivity contribution in [1.29, 1.82) is 0 Å². The van der Waals surface area contributed by atoms with Crippen LogP contribution >= 0.6 is 15.9 Å². The predicted octanol–water partition coefficient (Wildman–Crippen LogP) is 0.277. The molecule has 0 amide bonds. The minimum absolute atomic E-state index is 0.213. The fourth-order valence-corrected chi connectivity index (χ4v) is 1.63. The van der Waals surface area contributed by atoms with Crippen LogP contribution in [0.3, 0.4) is 0 Å². The summed E-state index contributed by atoms with van der Waals surface area (Å²) in [7, 11) is -0.449. The van der Waals surface area contributed by atoms with Crippen molar-refractivity contribution in [2.45, 2.75) is 0 Å². The van der Waals surface area contributed by atoms with E-state index >= 15 is 0 Å². The maximum atomic E-state index is 13.0. The van der Waals surface area contributed by atoms with E-state index in [0.29, 0.717) is 5.75 Å². The van der Waals surface area contributed by atoms with E-state index in [-0.39, 0.29) is 9.94 Å². The third-order valence-corrected chi connectivity index (χ3v) is 2.39. The first kappa shape index (κ1) is 10.5. The highest BCUT2D eigenvalue weighted by Crippen LogP contribution is 2.23. The van der Waals surface area contributed by atoms with Crippen molar-refractivity contribution < 1.29 is 19.2 Å². The quantitative estimate of drug-likeness (QED) is 0.740. The molecule has 0 heterocycles. The number of rotatable bonds is 2. The highest BCUT2D eigenvalue weighted by atomic mass is 79.9. The number of benzene rings is 1. The monoisotopic (exact) mass is 248 g/mol. The van der Waals surface area contributed by atoms with Gasteiger partial charge in [-0.3, -0.25) is 0 Å². The van der Waals surface area contributed by atoms with Crippen molar-refractivity contribution in [3.63, 3.8) is 0 Å². The van der Waals surface area contributed by atoms with Crippen molar-refractivity contribution in [3.8, 4) is 5.75 Å². The van der Waals surface area contributed by atoms with Gasteiger partial charge in [-0.25, -0.2) is 4.39 Å². The normalized spacial score (nSPS) is 9.92. The Morgan fingerprint density at radius 3 is 2.54 bits per heavy atom. The van der Waals surface area contributed by atoms with Crippen LogP contribution in [-0.4, -0.2) is 24.3 Å². The molecular formula is C7H7BBrFO3. The van der Waals surface area contributed by atoms with Gasteiger partial charge in [-0.05, 0) is 28.1 Å². The number of halogens is 2. The third-order valence-electron chi connectivity index (χ3n) is 1.57. The van der Waals surface area contributed by atoms with Crippen LogP contribution in [0.4, 0.5) is 4.39 Å². The molecule has 0 aromatic heterocycles. The molecule has 1 aromatic carbocycles. The molecule has 0 fully saturated rings. The van der Waals surface area contributed by atoms with Crippen LogP contribution in [0, 0.1) is 5.82 Å². The highest BCUT2D eigenvalue weighted by Gasteiger charge is 2.22. The number of hydrogen-bond donors (Lipinski definition) is 2. The molecule has 2 N–H and O–H groups in total. The van der Waals surface area contributed by atoms with E-state index in [0.717, 1.165) is 6.07 Å². The van der Waals surface area contributed by atoms with Gasteiger partial charge in [0.05, 0.1) is 11.6 Å². The van der Waals surface area contributed by atoms with Gasteiger partial charge in [0.2, 0.25) is 0 Å². The number of methoxy groups -OCH3 is 1. The van der Waals surface area contributed by atoms with Gasteiger partial charge in [-0.15, -0.1) is 0 Å². The SMILES string of the molecule is COc1ccc(F)c(B(O)O)c1Br. The zero-order valence-corrected chi connectivity index (χ0v) is 8.38. The zero-order chi connectivity index (χ0) is 10.0. The van der Waals surface area contributed by atoms with Crippen LogP contribution in [0.15, 0.2) is 16.6 Å². The average Bonchev–Trinajstić information content (AvgIpc) is 2.04. The van der Waals surface area contributed by atoms with Crippen LogP contribution in [0.25, 0.3) is 0 Å². The first-order valence-electron chi connectivity index (χ1n) is 3.46. The summed E-state index contributed by atoms with van der Waals surface area (Å²) in [5.41, 5.74) is -0.223.